The molecule has 0 aromatic carbocycles. The summed E-state index contributed by atoms with van der Waals surface area (Å²) in [7, 11) is 0. The van der Waals surface area contributed by atoms with Crippen LogP contribution in [-0.2, 0) is 0 Å². The van der Waals surface area contributed by atoms with Crippen LogP contribution < -0.4 is 0 Å². The van der Waals surface area contributed by atoms with Crippen molar-refractivity contribution in [2.24, 2.45) is 11.8 Å². The molecule has 2 unspecified atom stereocenters. The molecule has 0 aromatic heterocycles. The lowest BCUT2D eigenvalue weighted by Gasteiger charge is -2.22. The summed E-state index contributed by atoms with van der Waals surface area (Å²) in [4.78, 5) is 0. The standard InChI is InChI=1S/C20H42O/c1-4-6-8-10-11-12-13-15-17-20(18-21)19(3)16-14-9-7-5-2/h19-21H,4-18H2,1-3H3. The minimum absolute atomic E-state index is 0.394. The molecular formula is C20H42O. The van der Waals surface area contributed by atoms with Gasteiger partial charge in [0.25, 0.3) is 0 Å². The molecule has 0 fully saturated rings. The molecule has 0 spiro atoms. The summed E-state index contributed by atoms with van der Waals surface area (Å²) in [6, 6.07) is 0. The molecule has 21 heavy (non-hydrogen) atoms. The van der Waals surface area contributed by atoms with Gasteiger partial charge in [0.05, 0.1) is 0 Å². The number of aliphatic hydroxyl groups excluding tert-OH is 1. The molecule has 0 amide bonds. The highest BCUT2D eigenvalue weighted by molar-refractivity contribution is 4.66. The number of unbranched alkanes of at least 4 members (excludes halogenated alkanes) is 10. The molecule has 0 aromatic rings. The molecule has 1 N–H and O–H groups in total. The van der Waals surface area contributed by atoms with E-state index in [-0.39, 0.29) is 0 Å². The predicted octanol–water partition coefficient (Wildman–Crippen LogP) is 6.73. The molecular weight excluding hydrogens is 256 g/mol. The summed E-state index contributed by atoms with van der Waals surface area (Å²) < 4.78 is 0. The van der Waals surface area contributed by atoms with E-state index in [4.69, 9.17) is 0 Å². The van der Waals surface area contributed by atoms with E-state index in [0.29, 0.717) is 18.4 Å². The van der Waals surface area contributed by atoms with Gasteiger partial charge in [0, 0.05) is 6.61 Å². The smallest absolute Gasteiger partial charge is 0.0461 e. The molecule has 0 radical (unpaired) electrons. The molecule has 0 heterocycles. The van der Waals surface area contributed by atoms with Crippen LogP contribution in [0.1, 0.15) is 111 Å². The Bertz CT molecular complexity index is 190. The minimum Gasteiger partial charge on any atom is -0.396 e. The van der Waals surface area contributed by atoms with Gasteiger partial charge >= 0.3 is 0 Å². The Morgan fingerprint density at radius 1 is 0.619 bits per heavy atom. The van der Waals surface area contributed by atoms with Gasteiger partial charge in [0.15, 0.2) is 0 Å². The van der Waals surface area contributed by atoms with Crippen LogP contribution in [0, 0.1) is 11.8 Å². The third kappa shape index (κ3) is 13.4. The highest BCUT2D eigenvalue weighted by atomic mass is 16.3. The fourth-order valence-electron chi connectivity index (χ4n) is 3.22. The van der Waals surface area contributed by atoms with Gasteiger partial charge in [0.1, 0.15) is 0 Å². The first-order chi connectivity index (χ1) is 10.3. The molecule has 0 saturated carbocycles. The summed E-state index contributed by atoms with van der Waals surface area (Å²) in [5.41, 5.74) is 0. The van der Waals surface area contributed by atoms with E-state index in [1.807, 2.05) is 0 Å². The lowest BCUT2D eigenvalue weighted by atomic mass is 9.86. The van der Waals surface area contributed by atoms with Gasteiger partial charge in [-0.15, -0.1) is 0 Å². The quantitative estimate of drug-likeness (QED) is 0.313. The van der Waals surface area contributed by atoms with Gasteiger partial charge in [-0.1, -0.05) is 104 Å². The van der Waals surface area contributed by atoms with Crippen LogP contribution in [0.4, 0.5) is 0 Å². The lowest BCUT2D eigenvalue weighted by Crippen LogP contribution is -2.16. The van der Waals surface area contributed by atoms with Crippen molar-refractivity contribution < 1.29 is 5.11 Å². The van der Waals surface area contributed by atoms with Gasteiger partial charge in [-0.05, 0) is 18.3 Å². The average Bonchev–Trinajstić information content (AvgIpc) is 2.50. The summed E-state index contributed by atoms with van der Waals surface area (Å²) in [5, 5.41) is 9.60. The fourth-order valence-corrected chi connectivity index (χ4v) is 3.22. The Morgan fingerprint density at radius 3 is 1.57 bits per heavy atom. The first kappa shape index (κ1) is 21.0. The molecule has 0 aliphatic rings. The van der Waals surface area contributed by atoms with Crippen molar-refractivity contribution in [1.82, 2.24) is 0 Å². The van der Waals surface area contributed by atoms with E-state index < -0.39 is 0 Å². The maximum Gasteiger partial charge on any atom is 0.0461 e. The highest BCUT2D eigenvalue weighted by Crippen LogP contribution is 2.24. The number of aliphatic hydroxyl groups is 1. The Kier molecular flexibility index (Phi) is 16.3. The first-order valence-electron chi connectivity index (χ1n) is 9.87. The van der Waals surface area contributed by atoms with Crippen molar-refractivity contribution >= 4 is 0 Å². The molecule has 1 nitrogen and oxygen atoms in total. The van der Waals surface area contributed by atoms with Crippen LogP contribution in [0.5, 0.6) is 0 Å². The van der Waals surface area contributed by atoms with Crippen LogP contribution in [0.25, 0.3) is 0 Å². The zero-order valence-corrected chi connectivity index (χ0v) is 15.2. The van der Waals surface area contributed by atoms with Gasteiger partial charge < -0.3 is 5.11 Å². The Morgan fingerprint density at radius 2 is 1.05 bits per heavy atom. The third-order valence-electron chi connectivity index (χ3n) is 4.98. The van der Waals surface area contributed by atoms with Gasteiger partial charge in [-0.25, -0.2) is 0 Å². The van der Waals surface area contributed by atoms with Crippen LogP contribution >= 0.6 is 0 Å². The van der Waals surface area contributed by atoms with E-state index in [0.717, 1.165) is 0 Å². The van der Waals surface area contributed by atoms with Crippen molar-refractivity contribution in [3.05, 3.63) is 0 Å². The number of hydrogen-bond acceptors (Lipinski definition) is 1. The summed E-state index contributed by atoms with van der Waals surface area (Å²) in [6.45, 7) is 7.28. The van der Waals surface area contributed by atoms with Gasteiger partial charge in [0.2, 0.25) is 0 Å². The van der Waals surface area contributed by atoms with Crippen LogP contribution in [0.2, 0.25) is 0 Å². The number of hydrogen-bond donors (Lipinski definition) is 1. The molecule has 0 rings (SSSR count). The van der Waals surface area contributed by atoms with Crippen molar-refractivity contribution in [3.8, 4) is 0 Å². The Balaban J connectivity index is 3.50. The van der Waals surface area contributed by atoms with Crippen molar-refractivity contribution in [1.29, 1.82) is 0 Å². The van der Waals surface area contributed by atoms with Crippen LogP contribution in [-0.4, -0.2) is 11.7 Å². The largest absolute Gasteiger partial charge is 0.396 e. The fraction of sp³-hybridized carbons (Fsp3) is 1.00. The highest BCUT2D eigenvalue weighted by Gasteiger charge is 2.15. The second-order valence-electron chi connectivity index (χ2n) is 7.03. The van der Waals surface area contributed by atoms with Gasteiger partial charge in [-0.3, -0.25) is 0 Å². The van der Waals surface area contributed by atoms with E-state index in [1.165, 1.54) is 89.9 Å². The topological polar surface area (TPSA) is 20.2 Å². The van der Waals surface area contributed by atoms with E-state index >= 15 is 0 Å². The SMILES string of the molecule is CCCCCCCCCCC(CO)C(C)CCCCCC. The summed E-state index contributed by atoms with van der Waals surface area (Å²) >= 11 is 0. The molecule has 0 bridgehead atoms. The monoisotopic (exact) mass is 298 g/mol. The van der Waals surface area contributed by atoms with E-state index in [2.05, 4.69) is 20.8 Å². The molecule has 1 heteroatoms. The molecule has 2 atom stereocenters. The summed E-state index contributed by atoms with van der Waals surface area (Å²) in [6.07, 6.45) is 19.0. The van der Waals surface area contributed by atoms with Gasteiger partial charge in [-0.2, -0.15) is 0 Å². The molecule has 0 aliphatic carbocycles. The normalized spacial score (nSPS) is 14.3. The number of rotatable bonds is 16. The Labute approximate surface area is 134 Å². The molecule has 0 aliphatic heterocycles. The van der Waals surface area contributed by atoms with Crippen LogP contribution in [0.3, 0.4) is 0 Å². The maximum absolute atomic E-state index is 9.60. The first-order valence-corrected chi connectivity index (χ1v) is 9.87. The van der Waals surface area contributed by atoms with E-state index in [9.17, 15) is 5.11 Å². The lowest BCUT2D eigenvalue weighted by molar-refractivity contribution is 0.163. The minimum atomic E-state index is 0.394. The summed E-state index contributed by atoms with van der Waals surface area (Å²) in [5.74, 6) is 1.25. The van der Waals surface area contributed by atoms with Crippen molar-refractivity contribution in [2.45, 2.75) is 111 Å². The second kappa shape index (κ2) is 16.3. The zero-order chi connectivity index (χ0) is 15.8. The molecule has 128 valence electrons. The predicted molar refractivity (Wildman–Crippen MR) is 95.7 cm³/mol. The third-order valence-corrected chi connectivity index (χ3v) is 4.98. The zero-order valence-electron chi connectivity index (χ0n) is 15.2. The maximum atomic E-state index is 9.60. The van der Waals surface area contributed by atoms with Crippen molar-refractivity contribution in [3.63, 3.8) is 0 Å². The second-order valence-corrected chi connectivity index (χ2v) is 7.03. The van der Waals surface area contributed by atoms with Crippen LogP contribution in [0.15, 0.2) is 0 Å². The molecule has 0 saturated heterocycles. The average molecular weight is 299 g/mol. The van der Waals surface area contributed by atoms with Crippen molar-refractivity contribution in [2.75, 3.05) is 6.61 Å². The van der Waals surface area contributed by atoms with E-state index in [1.54, 1.807) is 0 Å². The Hall–Kier alpha value is -0.0400.